The molecule has 0 bridgehead atoms. The minimum atomic E-state index is -1.84. The van der Waals surface area contributed by atoms with Crippen molar-refractivity contribution in [2.24, 2.45) is 0 Å². The van der Waals surface area contributed by atoms with Gasteiger partial charge >= 0.3 is 0 Å². The molecule has 0 saturated carbocycles. The Morgan fingerprint density at radius 1 is 1.00 bits per heavy atom. The summed E-state index contributed by atoms with van der Waals surface area (Å²) in [5.74, 6) is 0. The molecule has 0 fully saturated rings. The molecule has 0 amide bonds. The SMILES string of the molecule is Cc1ccc(S(=O)O)cc1.O.O.O.O.[Na]. The van der Waals surface area contributed by atoms with E-state index in [9.17, 15) is 4.21 Å². The summed E-state index contributed by atoms with van der Waals surface area (Å²) in [6.07, 6.45) is 0. The van der Waals surface area contributed by atoms with Crippen molar-refractivity contribution in [2.75, 3.05) is 0 Å². The molecule has 8 heteroatoms. The molecule has 0 aliphatic carbocycles. The Morgan fingerprint density at radius 3 is 1.60 bits per heavy atom. The second-order valence-corrected chi connectivity index (χ2v) is 3.03. The fraction of sp³-hybridized carbons (Fsp3) is 0.143. The smallest absolute Gasteiger partial charge is 0.186 e. The number of aryl methyl sites for hydroxylation is 1. The zero-order valence-electron chi connectivity index (χ0n) is 8.57. The summed E-state index contributed by atoms with van der Waals surface area (Å²) in [5.41, 5.74) is 1.09. The average molecular weight is 251 g/mol. The van der Waals surface area contributed by atoms with Crippen LogP contribution in [0.1, 0.15) is 5.56 Å². The Balaban J connectivity index is -0.0000000667. The van der Waals surface area contributed by atoms with E-state index in [0.29, 0.717) is 4.90 Å². The molecule has 1 unspecified atom stereocenters. The van der Waals surface area contributed by atoms with Crippen molar-refractivity contribution >= 4 is 40.6 Å². The first kappa shape index (κ1) is 29.4. The van der Waals surface area contributed by atoms with Crippen molar-refractivity contribution in [1.82, 2.24) is 0 Å². The molecular weight excluding hydrogens is 235 g/mol. The van der Waals surface area contributed by atoms with Crippen LogP contribution in [-0.4, -0.2) is 60.2 Å². The van der Waals surface area contributed by atoms with Gasteiger partial charge in [-0.05, 0) is 19.1 Å². The summed E-state index contributed by atoms with van der Waals surface area (Å²) in [6, 6.07) is 6.91. The molecule has 6 nitrogen and oxygen atoms in total. The van der Waals surface area contributed by atoms with Crippen molar-refractivity contribution in [2.45, 2.75) is 11.8 Å². The standard InChI is InChI=1S/C7H8O2S.Na.4H2O/c1-6-2-4-7(5-3-6)10(8)9;;;;;/h2-5H,1H3,(H,8,9);;4*1H2. The van der Waals surface area contributed by atoms with Crippen molar-refractivity contribution in [3.05, 3.63) is 29.8 Å². The molecule has 0 saturated heterocycles. The van der Waals surface area contributed by atoms with E-state index < -0.39 is 11.1 Å². The van der Waals surface area contributed by atoms with Crippen LogP contribution in [-0.2, 0) is 11.1 Å². The zero-order valence-corrected chi connectivity index (χ0v) is 11.4. The summed E-state index contributed by atoms with van der Waals surface area (Å²) in [5, 5.41) is 0. The maximum absolute atomic E-state index is 10.4. The summed E-state index contributed by atoms with van der Waals surface area (Å²) in [7, 11) is 0. The van der Waals surface area contributed by atoms with E-state index in [2.05, 4.69) is 0 Å². The van der Waals surface area contributed by atoms with Crippen molar-refractivity contribution in [3.8, 4) is 0 Å². The Kier molecular flexibility index (Phi) is 27.8. The summed E-state index contributed by atoms with van der Waals surface area (Å²) < 4.78 is 19.0. The Hall–Kier alpha value is 0.170. The second kappa shape index (κ2) is 14.2. The predicted octanol–water partition coefficient (Wildman–Crippen LogP) is -2.10. The fourth-order valence-corrected chi connectivity index (χ4v) is 1.02. The van der Waals surface area contributed by atoms with E-state index >= 15 is 0 Å². The zero-order chi connectivity index (χ0) is 7.56. The quantitative estimate of drug-likeness (QED) is 0.446. The van der Waals surface area contributed by atoms with E-state index in [1.54, 1.807) is 12.1 Å². The number of benzene rings is 1. The molecule has 1 atom stereocenters. The van der Waals surface area contributed by atoms with Gasteiger partial charge in [0.1, 0.15) is 0 Å². The van der Waals surface area contributed by atoms with E-state index in [1.165, 1.54) is 0 Å². The molecule has 15 heavy (non-hydrogen) atoms. The second-order valence-electron chi connectivity index (χ2n) is 2.06. The molecule has 0 heterocycles. The third-order valence-corrected chi connectivity index (χ3v) is 1.90. The molecule has 87 valence electrons. The largest absolute Gasteiger partial charge is 0.412 e. The van der Waals surface area contributed by atoms with Gasteiger partial charge in [-0.15, -0.1) is 0 Å². The number of rotatable bonds is 1. The Morgan fingerprint density at radius 2 is 1.33 bits per heavy atom. The van der Waals surface area contributed by atoms with Crippen molar-refractivity contribution in [3.63, 3.8) is 0 Å². The predicted molar refractivity (Wildman–Crippen MR) is 60.4 cm³/mol. The maximum Gasteiger partial charge on any atom is 0.186 e. The molecule has 1 rings (SSSR count). The first-order valence-corrected chi connectivity index (χ1v) is 3.98. The summed E-state index contributed by atoms with van der Waals surface area (Å²) in [6.45, 7) is 1.93. The maximum atomic E-state index is 10.4. The van der Waals surface area contributed by atoms with Gasteiger partial charge in [0.15, 0.2) is 11.1 Å². The first-order chi connectivity index (χ1) is 4.70. The molecule has 1 aromatic rings. The molecular formula is C7H16NaO6S. The van der Waals surface area contributed by atoms with Gasteiger partial charge in [0.05, 0.1) is 4.90 Å². The molecule has 0 aromatic heterocycles. The van der Waals surface area contributed by atoms with Gasteiger partial charge in [-0.3, -0.25) is 0 Å². The molecule has 0 aliphatic rings. The van der Waals surface area contributed by atoms with Gasteiger partial charge in [-0.25, -0.2) is 4.21 Å². The Bertz CT molecular complexity index is 252. The summed E-state index contributed by atoms with van der Waals surface area (Å²) in [4.78, 5) is 0.450. The van der Waals surface area contributed by atoms with Crippen molar-refractivity contribution in [1.29, 1.82) is 0 Å². The van der Waals surface area contributed by atoms with E-state index in [1.807, 2.05) is 19.1 Å². The van der Waals surface area contributed by atoms with Crippen LogP contribution in [0.5, 0.6) is 0 Å². The van der Waals surface area contributed by atoms with E-state index in [4.69, 9.17) is 4.55 Å². The third kappa shape index (κ3) is 10.5. The van der Waals surface area contributed by atoms with Crippen LogP contribution in [0.2, 0.25) is 0 Å². The fourth-order valence-electron chi connectivity index (χ4n) is 0.655. The van der Waals surface area contributed by atoms with Gasteiger partial charge in [0, 0.05) is 29.6 Å². The van der Waals surface area contributed by atoms with Crippen LogP contribution in [0.3, 0.4) is 0 Å². The van der Waals surface area contributed by atoms with Gasteiger partial charge in [-0.1, -0.05) is 17.7 Å². The molecule has 0 spiro atoms. The van der Waals surface area contributed by atoms with Crippen LogP contribution < -0.4 is 0 Å². The number of hydrogen-bond acceptors (Lipinski definition) is 1. The van der Waals surface area contributed by atoms with Crippen LogP contribution >= 0.6 is 0 Å². The first-order valence-electron chi connectivity index (χ1n) is 2.87. The van der Waals surface area contributed by atoms with Gasteiger partial charge in [-0.2, -0.15) is 0 Å². The van der Waals surface area contributed by atoms with Crippen LogP contribution in [0, 0.1) is 6.92 Å². The van der Waals surface area contributed by atoms with E-state index in [-0.39, 0.29) is 51.5 Å². The van der Waals surface area contributed by atoms with Gasteiger partial charge in [0.2, 0.25) is 0 Å². The summed E-state index contributed by atoms with van der Waals surface area (Å²) >= 11 is -1.84. The van der Waals surface area contributed by atoms with Crippen molar-refractivity contribution < 1.29 is 30.7 Å². The normalized spacial score (nSPS) is 8.67. The van der Waals surface area contributed by atoms with Gasteiger partial charge in [0.25, 0.3) is 0 Å². The molecule has 1 radical (unpaired) electrons. The third-order valence-electron chi connectivity index (χ3n) is 1.22. The van der Waals surface area contributed by atoms with Crippen LogP contribution in [0.15, 0.2) is 29.2 Å². The minimum Gasteiger partial charge on any atom is -0.412 e. The monoisotopic (exact) mass is 251 g/mol. The molecule has 0 aliphatic heterocycles. The van der Waals surface area contributed by atoms with Crippen LogP contribution in [0.4, 0.5) is 0 Å². The van der Waals surface area contributed by atoms with Gasteiger partial charge < -0.3 is 26.5 Å². The minimum absolute atomic E-state index is 0. The molecule has 1 aromatic carbocycles. The van der Waals surface area contributed by atoms with E-state index in [0.717, 1.165) is 5.56 Å². The average Bonchev–Trinajstić information content (AvgIpc) is 1.88. The van der Waals surface area contributed by atoms with Crippen LogP contribution in [0.25, 0.3) is 0 Å². The molecule has 9 N–H and O–H groups in total. The number of hydrogen-bond donors (Lipinski definition) is 1. The topological polar surface area (TPSA) is 163 Å². The Labute approximate surface area is 113 Å².